The third kappa shape index (κ3) is 8.13. The van der Waals surface area contributed by atoms with Crippen LogP contribution in [0, 0.1) is 0 Å². The molecule has 152 valence electrons. The van der Waals surface area contributed by atoms with Crippen LogP contribution in [-0.2, 0) is 11.3 Å². The summed E-state index contributed by atoms with van der Waals surface area (Å²) in [6.45, 7) is 9.66. The van der Waals surface area contributed by atoms with Gasteiger partial charge in [-0.1, -0.05) is 13.3 Å². The van der Waals surface area contributed by atoms with Gasteiger partial charge in [0.1, 0.15) is 5.82 Å². The normalized spacial score (nSPS) is 15.8. The number of hydrogen-bond acceptors (Lipinski definition) is 5. The van der Waals surface area contributed by atoms with Gasteiger partial charge >= 0.3 is 0 Å². The van der Waals surface area contributed by atoms with Crippen LogP contribution in [-0.4, -0.2) is 75.9 Å². The molecule has 1 aliphatic heterocycles. The second kappa shape index (κ2) is 12.5. The summed E-state index contributed by atoms with van der Waals surface area (Å²) in [4.78, 5) is 13.5. The first kappa shape index (κ1) is 21.4. The van der Waals surface area contributed by atoms with Crippen LogP contribution in [0.3, 0.4) is 0 Å². The number of unbranched alkanes of at least 4 members (excludes halogenated alkanes) is 1. The summed E-state index contributed by atoms with van der Waals surface area (Å²) < 4.78 is 5.58. The first-order chi connectivity index (χ1) is 13.2. The molecule has 0 saturated carbocycles. The molecule has 0 amide bonds. The van der Waals surface area contributed by atoms with E-state index < -0.39 is 0 Å². The second-order valence-electron chi connectivity index (χ2n) is 6.98. The van der Waals surface area contributed by atoms with Crippen LogP contribution in [0.5, 0.6) is 0 Å². The average molecular weight is 377 g/mol. The number of aromatic nitrogens is 1. The number of pyridine rings is 1. The first-order valence-electron chi connectivity index (χ1n) is 10.1. The molecule has 0 atom stereocenters. The Morgan fingerprint density at radius 1 is 1.19 bits per heavy atom. The molecule has 0 aromatic carbocycles. The second-order valence-corrected chi connectivity index (χ2v) is 6.98. The maximum absolute atomic E-state index is 5.58. The number of nitrogens with one attached hydrogen (secondary N) is 2. The van der Waals surface area contributed by atoms with E-state index in [0.29, 0.717) is 0 Å². The van der Waals surface area contributed by atoms with Crippen molar-refractivity contribution in [2.75, 3.05) is 64.9 Å². The predicted octanol–water partition coefficient (Wildman–Crippen LogP) is 1.71. The molecule has 2 N–H and O–H groups in total. The van der Waals surface area contributed by atoms with Gasteiger partial charge in [-0.25, -0.2) is 4.98 Å². The zero-order valence-corrected chi connectivity index (χ0v) is 17.2. The molecular formula is C20H36N6O. The third-order valence-electron chi connectivity index (χ3n) is 4.72. The first-order valence-corrected chi connectivity index (χ1v) is 10.1. The van der Waals surface area contributed by atoms with E-state index in [4.69, 9.17) is 4.74 Å². The standard InChI is InChI=1S/C20H36N6O/c1-4-5-14-27-15-6-8-23-20(21-2)24-17-18-7-9-22-19(16-18)26-12-10-25(3)11-13-26/h7,9,16H,4-6,8,10-15,17H2,1-3H3,(H2,21,23,24). The van der Waals surface area contributed by atoms with Crippen molar-refractivity contribution in [1.29, 1.82) is 0 Å². The summed E-state index contributed by atoms with van der Waals surface area (Å²) in [5.41, 5.74) is 1.21. The Hall–Kier alpha value is -1.86. The number of nitrogens with zero attached hydrogens (tertiary/aromatic N) is 4. The third-order valence-corrected chi connectivity index (χ3v) is 4.72. The van der Waals surface area contributed by atoms with Crippen LogP contribution < -0.4 is 15.5 Å². The fourth-order valence-corrected chi connectivity index (χ4v) is 2.91. The van der Waals surface area contributed by atoms with Crippen LogP contribution in [0.25, 0.3) is 0 Å². The summed E-state index contributed by atoms with van der Waals surface area (Å²) in [5.74, 6) is 1.89. The van der Waals surface area contributed by atoms with Crippen LogP contribution >= 0.6 is 0 Å². The molecule has 0 bridgehead atoms. The Bertz CT molecular complexity index is 557. The Balaban J connectivity index is 1.70. The van der Waals surface area contributed by atoms with E-state index in [1.165, 1.54) is 12.0 Å². The summed E-state index contributed by atoms with van der Waals surface area (Å²) in [6.07, 6.45) is 5.20. The zero-order chi connectivity index (χ0) is 19.3. The van der Waals surface area contributed by atoms with E-state index in [2.05, 4.69) is 56.5 Å². The van der Waals surface area contributed by atoms with E-state index in [-0.39, 0.29) is 0 Å². The predicted molar refractivity (Wildman–Crippen MR) is 112 cm³/mol. The zero-order valence-electron chi connectivity index (χ0n) is 17.2. The number of hydrogen-bond donors (Lipinski definition) is 2. The van der Waals surface area contributed by atoms with E-state index >= 15 is 0 Å². The molecule has 0 aliphatic carbocycles. The monoisotopic (exact) mass is 376 g/mol. The molecule has 7 heteroatoms. The lowest BCUT2D eigenvalue weighted by Crippen LogP contribution is -2.44. The molecule has 7 nitrogen and oxygen atoms in total. The fourth-order valence-electron chi connectivity index (χ4n) is 2.91. The summed E-state index contributed by atoms with van der Waals surface area (Å²) >= 11 is 0. The Morgan fingerprint density at radius 3 is 2.70 bits per heavy atom. The van der Waals surface area contributed by atoms with Gasteiger partial charge in [0, 0.05) is 65.7 Å². The molecule has 2 heterocycles. The minimum absolute atomic E-state index is 0.732. The van der Waals surface area contributed by atoms with Crippen LogP contribution in [0.2, 0.25) is 0 Å². The van der Waals surface area contributed by atoms with Crippen molar-refractivity contribution >= 4 is 11.8 Å². The Kier molecular flexibility index (Phi) is 9.94. The minimum Gasteiger partial charge on any atom is -0.381 e. The lowest BCUT2D eigenvalue weighted by molar-refractivity contribution is 0.129. The number of ether oxygens (including phenoxy) is 1. The van der Waals surface area contributed by atoms with Gasteiger partial charge in [0.15, 0.2) is 5.96 Å². The van der Waals surface area contributed by atoms with Crippen molar-refractivity contribution < 1.29 is 4.74 Å². The SMILES string of the molecule is CCCCOCCCNC(=NC)NCc1ccnc(N2CCN(C)CC2)c1. The Morgan fingerprint density at radius 2 is 1.96 bits per heavy atom. The molecule has 0 unspecified atom stereocenters. The molecule has 0 spiro atoms. The smallest absolute Gasteiger partial charge is 0.191 e. The van der Waals surface area contributed by atoms with Gasteiger partial charge in [-0.3, -0.25) is 4.99 Å². The maximum Gasteiger partial charge on any atom is 0.191 e. The molecule has 1 aromatic rings. The number of piperazine rings is 1. The minimum atomic E-state index is 0.732. The number of rotatable bonds is 10. The van der Waals surface area contributed by atoms with Crippen molar-refractivity contribution in [1.82, 2.24) is 20.5 Å². The highest BCUT2D eigenvalue weighted by atomic mass is 16.5. The van der Waals surface area contributed by atoms with Crippen LogP contribution in [0.15, 0.2) is 23.3 Å². The molecule has 0 radical (unpaired) electrons. The lowest BCUT2D eigenvalue weighted by Gasteiger charge is -2.33. The molecule has 1 aliphatic rings. The van der Waals surface area contributed by atoms with Crippen molar-refractivity contribution in [2.45, 2.75) is 32.7 Å². The lowest BCUT2D eigenvalue weighted by atomic mass is 10.2. The highest BCUT2D eigenvalue weighted by Crippen LogP contribution is 2.14. The Labute approximate surface area is 164 Å². The number of likely N-dealkylation sites (N-methyl/N-ethyl adjacent to an activating group) is 1. The average Bonchev–Trinajstić information content (AvgIpc) is 2.70. The number of aliphatic imine (C=N–C) groups is 1. The largest absolute Gasteiger partial charge is 0.381 e. The van der Waals surface area contributed by atoms with Crippen molar-refractivity contribution in [2.24, 2.45) is 4.99 Å². The van der Waals surface area contributed by atoms with Crippen LogP contribution in [0.4, 0.5) is 5.82 Å². The molecule has 1 fully saturated rings. The fraction of sp³-hybridized carbons (Fsp3) is 0.700. The molecular weight excluding hydrogens is 340 g/mol. The van der Waals surface area contributed by atoms with Crippen LogP contribution in [0.1, 0.15) is 31.7 Å². The quantitative estimate of drug-likeness (QED) is 0.368. The maximum atomic E-state index is 5.58. The van der Waals surface area contributed by atoms with Gasteiger partial charge in [-0.05, 0) is 37.6 Å². The highest BCUT2D eigenvalue weighted by Gasteiger charge is 2.15. The van der Waals surface area contributed by atoms with E-state index in [9.17, 15) is 0 Å². The van der Waals surface area contributed by atoms with E-state index in [1.807, 2.05) is 6.20 Å². The molecule has 1 saturated heterocycles. The van der Waals surface area contributed by atoms with Gasteiger partial charge in [0.05, 0.1) is 0 Å². The van der Waals surface area contributed by atoms with Gasteiger partial charge in [-0.2, -0.15) is 0 Å². The number of anilines is 1. The molecule has 2 rings (SSSR count). The number of guanidine groups is 1. The van der Waals surface area contributed by atoms with Gasteiger partial charge in [-0.15, -0.1) is 0 Å². The van der Waals surface area contributed by atoms with Gasteiger partial charge in [0.2, 0.25) is 0 Å². The topological polar surface area (TPSA) is 65.0 Å². The van der Waals surface area contributed by atoms with Crippen molar-refractivity contribution in [3.8, 4) is 0 Å². The van der Waals surface area contributed by atoms with Crippen molar-refractivity contribution in [3.63, 3.8) is 0 Å². The summed E-state index contributed by atoms with van der Waals surface area (Å²) in [7, 11) is 3.97. The molecule has 1 aromatic heterocycles. The molecule has 27 heavy (non-hydrogen) atoms. The van der Waals surface area contributed by atoms with E-state index in [1.54, 1.807) is 7.05 Å². The van der Waals surface area contributed by atoms with E-state index in [0.717, 1.165) is 77.1 Å². The summed E-state index contributed by atoms with van der Waals surface area (Å²) in [5, 5.41) is 6.72. The van der Waals surface area contributed by atoms with Gasteiger partial charge in [0.25, 0.3) is 0 Å². The highest BCUT2D eigenvalue weighted by molar-refractivity contribution is 5.79. The van der Waals surface area contributed by atoms with Crippen molar-refractivity contribution in [3.05, 3.63) is 23.9 Å². The summed E-state index contributed by atoms with van der Waals surface area (Å²) in [6, 6.07) is 4.23. The van der Waals surface area contributed by atoms with Gasteiger partial charge < -0.3 is 25.2 Å².